The highest BCUT2D eigenvalue weighted by Gasteiger charge is 2.42. The molecule has 2 heterocycles. The number of ether oxygens (including phenoxy) is 2. The molecule has 0 spiro atoms. The molecule has 1 aliphatic heterocycles. The predicted molar refractivity (Wildman–Crippen MR) is 164 cm³/mol. The Kier molecular flexibility index (Phi) is 9.95. The Morgan fingerprint density at radius 2 is 1.93 bits per heavy atom. The number of piperazine rings is 1. The second-order valence-corrected chi connectivity index (χ2v) is 11.9. The number of hydrogen-bond donors (Lipinski definition) is 2. The Bertz CT molecular complexity index is 1290. The van der Waals surface area contributed by atoms with Crippen LogP contribution in [0.2, 0.25) is 0 Å². The van der Waals surface area contributed by atoms with Gasteiger partial charge in [0.1, 0.15) is 11.4 Å². The number of nitrogens with zero attached hydrogens (tertiary/aromatic N) is 4. The summed E-state index contributed by atoms with van der Waals surface area (Å²) in [4.78, 5) is 23.0. The Morgan fingerprint density at radius 1 is 1.14 bits per heavy atom. The smallest absolute Gasteiger partial charge is 0.275 e. The average Bonchev–Trinajstić information content (AvgIpc) is 3.43. The first kappa shape index (κ1) is 30.2. The quantitative estimate of drug-likeness (QED) is 0.357. The van der Waals surface area contributed by atoms with Crippen molar-refractivity contribution in [1.82, 2.24) is 24.7 Å². The Balaban J connectivity index is 1.36. The van der Waals surface area contributed by atoms with Gasteiger partial charge in [0.05, 0.1) is 31.3 Å². The van der Waals surface area contributed by atoms with Crippen LogP contribution >= 0.6 is 0 Å². The minimum absolute atomic E-state index is 0.0202. The van der Waals surface area contributed by atoms with E-state index >= 15 is 0 Å². The van der Waals surface area contributed by atoms with Crippen LogP contribution in [0.1, 0.15) is 54.2 Å². The normalized spacial score (nSPS) is 22.8. The van der Waals surface area contributed by atoms with Crippen molar-refractivity contribution >= 4 is 5.91 Å². The SMILES string of the molecule is COC[C@]1(O)CCCC[C@H]1n1cnc(C(=O)N2CCNC[C@H]2CCOc2ccc(CN(C)C)cc2)c1-c1ccccc1. The summed E-state index contributed by atoms with van der Waals surface area (Å²) >= 11 is 0. The molecule has 226 valence electrons. The van der Waals surface area contributed by atoms with Gasteiger partial charge < -0.3 is 34.3 Å². The highest BCUT2D eigenvalue weighted by atomic mass is 16.5. The molecule has 1 aliphatic carbocycles. The summed E-state index contributed by atoms with van der Waals surface area (Å²) in [5.41, 5.74) is 2.32. The lowest BCUT2D eigenvalue weighted by Gasteiger charge is -2.41. The van der Waals surface area contributed by atoms with Crippen molar-refractivity contribution in [3.8, 4) is 17.0 Å². The maximum atomic E-state index is 14.2. The first-order valence-electron chi connectivity index (χ1n) is 15.1. The molecule has 42 heavy (non-hydrogen) atoms. The number of imidazole rings is 1. The molecule has 0 bridgehead atoms. The fourth-order valence-electron chi connectivity index (χ4n) is 6.45. The number of hydrogen-bond acceptors (Lipinski definition) is 7. The topological polar surface area (TPSA) is 92.1 Å². The van der Waals surface area contributed by atoms with E-state index in [0.717, 1.165) is 49.4 Å². The van der Waals surface area contributed by atoms with Gasteiger partial charge in [-0.15, -0.1) is 0 Å². The first-order valence-corrected chi connectivity index (χ1v) is 15.1. The minimum Gasteiger partial charge on any atom is -0.494 e. The molecule has 1 saturated heterocycles. The fraction of sp³-hybridized carbons (Fsp3) is 0.515. The third-order valence-corrected chi connectivity index (χ3v) is 8.48. The average molecular weight is 576 g/mol. The molecule has 0 unspecified atom stereocenters. The van der Waals surface area contributed by atoms with E-state index in [1.165, 1.54) is 5.56 Å². The molecule has 2 aromatic carbocycles. The molecule has 1 amide bonds. The number of amides is 1. The molecule has 2 fully saturated rings. The van der Waals surface area contributed by atoms with Gasteiger partial charge in [0.25, 0.3) is 5.91 Å². The van der Waals surface area contributed by atoms with E-state index in [0.29, 0.717) is 38.2 Å². The zero-order valence-corrected chi connectivity index (χ0v) is 25.2. The molecule has 1 aromatic heterocycles. The Hall–Kier alpha value is -3.24. The van der Waals surface area contributed by atoms with Crippen LogP contribution in [-0.2, 0) is 11.3 Å². The Morgan fingerprint density at radius 3 is 2.67 bits per heavy atom. The third kappa shape index (κ3) is 6.86. The van der Waals surface area contributed by atoms with Crippen molar-refractivity contribution < 1.29 is 19.4 Å². The van der Waals surface area contributed by atoms with Gasteiger partial charge in [0, 0.05) is 51.3 Å². The molecule has 9 nitrogen and oxygen atoms in total. The highest BCUT2D eigenvalue weighted by molar-refractivity contribution is 5.98. The van der Waals surface area contributed by atoms with Crippen molar-refractivity contribution in [2.75, 3.05) is 54.1 Å². The van der Waals surface area contributed by atoms with E-state index in [9.17, 15) is 9.90 Å². The van der Waals surface area contributed by atoms with Crippen LogP contribution in [0.3, 0.4) is 0 Å². The van der Waals surface area contributed by atoms with Crippen molar-refractivity contribution in [2.24, 2.45) is 0 Å². The number of aromatic nitrogens is 2. The van der Waals surface area contributed by atoms with Gasteiger partial charge in [-0.05, 0) is 44.6 Å². The highest BCUT2D eigenvalue weighted by Crippen LogP contribution is 2.41. The first-order chi connectivity index (χ1) is 20.4. The van der Waals surface area contributed by atoms with Crippen molar-refractivity contribution in [3.05, 3.63) is 72.2 Å². The maximum Gasteiger partial charge on any atom is 0.275 e. The van der Waals surface area contributed by atoms with Crippen LogP contribution in [0.4, 0.5) is 0 Å². The second-order valence-electron chi connectivity index (χ2n) is 11.9. The fourth-order valence-corrected chi connectivity index (χ4v) is 6.45. The summed E-state index contributed by atoms with van der Waals surface area (Å²) in [7, 11) is 5.74. The molecule has 5 rings (SSSR count). The molecule has 9 heteroatoms. The summed E-state index contributed by atoms with van der Waals surface area (Å²) in [6.45, 7) is 3.67. The summed E-state index contributed by atoms with van der Waals surface area (Å²) < 4.78 is 13.6. The van der Waals surface area contributed by atoms with E-state index < -0.39 is 5.60 Å². The van der Waals surface area contributed by atoms with Crippen LogP contribution in [0.15, 0.2) is 60.9 Å². The van der Waals surface area contributed by atoms with Crippen molar-refractivity contribution in [2.45, 2.75) is 56.3 Å². The van der Waals surface area contributed by atoms with Gasteiger partial charge >= 0.3 is 0 Å². The molecule has 2 aliphatic rings. The lowest BCUT2D eigenvalue weighted by atomic mass is 9.80. The third-order valence-electron chi connectivity index (χ3n) is 8.48. The number of benzene rings is 2. The predicted octanol–water partition coefficient (Wildman–Crippen LogP) is 3.99. The largest absolute Gasteiger partial charge is 0.494 e. The molecular weight excluding hydrogens is 530 g/mol. The van der Waals surface area contributed by atoms with E-state index in [2.05, 4.69) is 36.4 Å². The summed E-state index contributed by atoms with van der Waals surface area (Å²) in [6.07, 6.45) is 5.85. The Labute approximate surface area is 249 Å². The van der Waals surface area contributed by atoms with Gasteiger partial charge in [-0.25, -0.2) is 4.98 Å². The monoisotopic (exact) mass is 575 g/mol. The van der Waals surface area contributed by atoms with Crippen LogP contribution in [0, 0.1) is 0 Å². The van der Waals surface area contributed by atoms with Gasteiger partial charge in [-0.3, -0.25) is 4.79 Å². The van der Waals surface area contributed by atoms with Crippen LogP contribution in [0.5, 0.6) is 5.75 Å². The lowest BCUT2D eigenvalue weighted by molar-refractivity contribution is -0.0893. The van der Waals surface area contributed by atoms with E-state index in [1.807, 2.05) is 51.9 Å². The number of methoxy groups -OCH3 is 1. The standard InChI is InChI=1S/C33H45N5O4/c1-36(2)22-25-12-14-28(15-13-25)42-20-16-27-21-34-18-19-37(27)32(39)30-31(26-9-5-4-6-10-26)38(24-35-30)29-11-7-8-17-33(29,40)23-41-3/h4-6,9-10,12-15,24,27,29,34,40H,7-8,11,16-23H2,1-3H3/t27-,29-,33-/m1/s1. The molecule has 3 atom stereocenters. The van der Waals surface area contributed by atoms with Crippen LogP contribution < -0.4 is 10.1 Å². The lowest BCUT2D eigenvalue weighted by Crippen LogP contribution is -2.54. The summed E-state index contributed by atoms with van der Waals surface area (Å²) in [6, 6.07) is 17.9. The number of rotatable bonds is 11. The van der Waals surface area contributed by atoms with Gasteiger partial charge in [-0.1, -0.05) is 55.3 Å². The number of nitrogens with one attached hydrogen (secondary N) is 1. The summed E-state index contributed by atoms with van der Waals surface area (Å²) in [5.74, 6) is 0.749. The van der Waals surface area contributed by atoms with Gasteiger partial charge in [-0.2, -0.15) is 0 Å². The maximum absolute atomic E-state index is 14.2. The second kappa shape index (κ2) is 13.8. The molecule has 0 radical (unpaired) electrons. The molecular formula is C33H45N5O4. The molecule has 3 aromatic rings. The zero-order chi connectivity index (χ0) is 29.5. The number of carbonyl (C=O) groups excluding carboxylic acids is 1. The summed E-state index contributed by atoms with van der Waals surface area (Å²) in [5, 5.41) is 15.1. The molecule has 2 N–H and O–H groups in total. The van der Waals surface area contributed by atoms with Gasteiger partial charge in [0.15, 0.2) is 5.69 Å². The van der Waals surface area contributed by atoms with Crippen LogP contribution in [0.25, 0.3) is 11.3 Å². The molecule has 1 saturated carbocycles. The van der Waals surface area contributed by atoms with Crippen molar-refractivity contribution in [3.63, 3.8) is 0 Å². The van der Waals surface area contributed by atoms with Crippen molar-refractivity contribution in [1.29, 1.82) is 0 Å². The minimum atomic E-state index is -1.02. The van der Waals surface area contributed by atoms with E-state index in [-0.39, 0.29) is 24.6 Å². The van der Waals surface area contributed by atoms with Gasteiger partial charge in [0.2, 0.25) is 0 Å². The van der Waals surface area contributed by atoms with Crippen LogP contribution in [-0.4, -0.2) is 96.1 Å². The number of aliphatic hydroxyl groups is 1. The number of carbonyl (C=O) groups is 1. The van der Waals surface area contributed by atoms with E-state index in [4.69, 9.17) is 14.5 Å². The zero-order valence-electron chi connectivity index (χ0n) is 25.2. The van der Waals surface area contributed by atoms with E-state index in [1.54, 1.807) is 13.4 Å².